The lowest BCUT2D eigenvalue weighted by molar-refractivity contribution is 0.0534. The minimum atomic E-state index is 0.214. The van der Waals surface area contributed by atoms with Crippen LogP contribution in [0.1, 0.15) is 66.7 Å². The second-order valence-electron chi connectivity index (χ2n) is 6.65. The van der Waals surface area contributed by atoms with Crippen LogP contribution < -0.4 is 5.32 Å². The van der Waals surface area contributed by atoms with Crippen LogP contribution in [0.4, 0.5) is 0 Å². The monoisotopic (exact) mass is 241 g/mol. The Morgan fingerprint density at radius 2 is 1.82 bits per heavy atom. The summed E-state index contributed by atoms with van der Waals surface area (Å²) in [6.45, 7) is 13.5. The molecule has 1 rings (SSSR count). The Morgan fingerprint density at radius 3 is 2.24 bits per heavy atom. The summed E-state index contributed by atoms with van der Waals surface area (Å²) in [7, 11) is 0. The third-order valence-electron chi connectivity index (χ3n) is 4.18. The summed E-state index contributed by atoms with van der Waals surface area (Å²) in [4.78, 5) is 0. The summed E-state index contributed by atoms with van der Waals surface area (Å²) < 4.78 is 5.82. The van der Waals surface area contributed by atoms with Crippen molar-refractivity contribution in [1.82, 2.24) is 5.32 Å². The highest BCUT2D eigenvalue weighted by Gasteiger charge is 2.32. The Bertz CT molecular complexity index is 209. The molecule has 1 aliphatic rings. The second-order valence-corrected chi connectivity index (χ2v) is 6.65. The number of ether oxygens (including phenoxy) is 1. The summed E-state index contributed by atoms with van der Waals surface area (Å²) in [5.74, 6) is 0. The summed E-state index contributed by atoms with van der Waals surface area (Å²) in [5, 5.41) is 3.68. The molecule has 0 aliphatic carbocycles. The molecule has 0 spiro atoms. The van der Waals surface area contributed by atoms with Crippen LogP contribution in [0, 0.1) is 5.41 Å². The Labute approximate surface area is 108 Å². The molecule has 2 nitrogen and oxygen atoms in total. The summed E-state index contributed by atoms with van der Waals surface area (Å²) >= 11 is 0. The topological polar surface area (TPSA) is 21.3 Å². The zero-order valence-electron chi connectivity index (χ0n) is 12.4. The van der Waals surface area contributed by atoms with Gasteiger partial charge in [0.15, 0.2) is 0 Å². The predicted molar refractivity (Wildman–Crippen MR) is 74.4 cm³/mol. The van der Waals surface area contributed by atoms with Gasteiger partial charge in [-0.1, -0.05) is 13.8 Å². The Kier molecular flexibility index (Phi) is 5.46. The van der Waals surface area contributed by atoms with E-state index in [0.717, 1.165) is 13.2 Å². The van der Waals surface area contributed by atoms with Gasteiger partial charge in [-0.2, -0.15) is 0 Å². The first-order valence-electron chi connectivity index (χ1n) is 7.27. The van der Waals surface area contributed by atoms with Crippen molar-refractivity contribution >= 4 is 0 Å². The standard InChI is InChI=1S/C15H31NO/c1-6-15(7-2,12-16-14(3,4)5)11-13-9-8-10-17-13/h13,16H,6-12H2,1-5H3. The minimum absolute atomic E-state index is 0.214. The number of rotatable bonds is 6. The Morgan fingerprint density at radius 1 is 1.18 bits per heavy atom. The van der Waals surface area contributed by atoms with Gasteiger partial charge in [-0.25, -0.2) is 0 Å². The molecular formula is C15H31NO. The zero-order valence-corrected chi connectivity index (χ0v) is 12.4. The van der Waals surface area contributed by atoms with Crippen LogP contribution in [0.5, 0.6) is 0 Å². The largest absolute Gasteiger partial charge is 0.378 e. The predicted octanol–water partition coefficient (Wildman–Crippen LogP) is 3.75. The first kappa shape index (κ1) is 15.0. The van der Waals surface area contributed by atoms with E-state index in [0.29, 0.717) is 11.5 Å². The van der Waals surface area contributed by atoms with E-state index in [2.05, 4.69) is 39.9 Å². The number of hydrogen-bond donors (Lipinski definition) is 1. The molecule has 1 unspecified atom stereocenters. The van der Waals surface area contributed by atoms with Crippen LogP contribution in [0.15, 0.2) is 0 Å². The number of hydrogen-bond acceptors (Lipinski definition) is 2. The van der Waals surface area contributed by atoms with Gasteiger partial charge in [0.2, 0.25) is 0 Å². The highest BCUT2D eigenvalue weighted by Crippen LogP contribution is 2.35. The van der Waals surface area contributed by atoms with Gasteiger partial charge in [0.1, 0.15) is 0 Å². The zero-order chi connectivity index (χ0) is 12.9. The molecule has 0 bridgehead atoms. The summed E-state index contributed by atoms with van der Waals surface area (Å²) in [6.07, 6.45) is 6.73. The summed E-state index contributed by atoms with van der Waals surface area (Å²) in [5.41, 5.74) is 0.633. The van der Waals surface area contributed by atoms with Crippen molar-refractivity contribution in [2.45, 2.75) is 78.4 Å². The molecule has 0 saturated carbocycles. The third kappa shape index (κ3) is 4.97. The quantitative estimate of drug-likeness (QED) is 0.764. The summed E-state index contributed by atoms with van der Waals surface area (Å²) in [6, 6.07) is 0. The smallest absolute Gasteiger partial charge is 0.0581 e. The molecule has 0 amide bonds. The molecule has 0 aromatic rings. The fourth-order valence-electron chi connectivity index (χ4n) is 2.60. The van der Waals surface area contributed by atoms with Crippen molar-refractivity contribution in [2.75, 3.05) is 13.2 Å². The molecule has 0 aromatic carbocycles. The fourth-order valence-corrected chi connectivity index (χ4v) is 2.60. The average molecular weight is 241 g/mol. The molecule has 0 aromatic heterocycles. The fraction of sp³-hybridized carbons (Fsp3) is 1.00. The second kappa shape index (κ2) is 6.19. The lowest BCUT2D eigenvalue weighted by Crippen LogP contribution is -2.44. The molecular weight excluding hydrogens is 210 g/mol. The van der Waals surface area contributed by atoms with Crippen LogP contribution in [-0.4, -0.2) is 24.8 Å². The van der Waals surface area contributed by atoms with E-state index in [1.807, 2.05) is 0 Å². The van der Waals surface area contributed by atoms with E-state index >= 15 is 0 Å². The van der Waals surface area contributed by atoms with Crippen molar-refractivity contribution in [3.63, 3.8) is 0 Å². The van der Waals surface area contributed by atoms with Crippen LogP contribution >= 0.6 is 0 Å². The molecule has 1 aliphatic heterocycles. The van der Waals surface area contributed by atoms with Crippen molar-refractivity contribution in [2.24, 2.45) is 5.41 Å². The van der Waals surface area contributed by atoms with Crippen LogP contribution in [0.2, 0.25) is 0 Å². The van der Waals surface area contributed by atoms with E-state index in [-0.39, 0.29) is 5.54 Å². The van der Waals surface area contributed by atoms with Gasteiger partial charge in [-0.15, -0.1) is 0 Å². The Hall–Kier alpha value is -0.0800. The molecule has 1 heterocycles. The van der Waals surface area contributed by atoms with Gasteiger partial charge in [0.25, 0.3) is 0 Å². The van der Waals surface area contributed by atoms with Gasteiger partial charge < -0.3 is 10.1 Å². The van der Waals surface area contributed by atoms with Gasteiger partial charge >= 0.3 is 0 Å². The first-order valence-corrected chi connectivity index (χ1v) is 7.27. The van der Waals surface area contributed by atoms with Crippen molar-refractivity contribution < 1.29 is 4.74 Å². The first-order chi connectivity index (χ1) is 7.91. The van der Waals surface area contributed by atoms with E-state index < -0.39 is 0 Å². The third-order valence-corrected chi connectivity index (χ3v) is 4.18. The maximum absolute atomic E-state index is 5.82. The van der Waals surface area contributed by atoms with E-state index in [4.69, 9.17) is 4.74 Å². The van der Waals surface area contributed by atoms with E-state index in [1.54, 1.807) is 0 Å². The van der Waals surface area contributed by atoms with Crippen molar-refractivity contribution in [1.29, 1.82) is 0 Å². The molecule has 1 fully saturated rings. The van der Waals surface area contributed by atoms with Crippen LogP contribution in [0.3, 0.4) is 0 Å². The normalized spacial score (nSPS) is 22.1. The molecule has 2 heteroatoms. The minimum Gasteiger partial charge on any atom is -0.378 e. The van der Waals surface area contributed by atoms with Gasteiger partial charge in [0, 0.05) is 18.7 Å². The lowest BCUT2D eigenvalue weighted by atomic mass is 9.76. The number of nitrogens with one attached hydrogen (secondary N) is 1. The lowest BCUT2D eigenvalue weighted by Gasteiger charge is -2.37. The molecule has 17 heavy (non-hydrogen) atoms. The average Bonchev–Trinajstić information content (AvgIpc) is 2.76. The van der Waals surface area contributed by atoms with E-state index in [1.165, 1.54) is 32.1 Å². The van der Waals surface area contributed by atoms with E-state index in [9.17, 15) is 0 Å². The highest BCUT2D eigenvalue weighted by atomic mass is 16.5. The maximum atomic E-state index is 5.82. The molecule has 1 saturated heterocycles. The molecule has 1 N–H and O–H groups in total. The Balaban J connectivity index is 2.53. The van der Waals surface area contributed by atoms with Gasteiger partial charge in [-0.3, -0.25) is 0 Å². The SMILES string of the molecule is CCC(CC)(CNC(C)(C)C)CC1CCCO1. The van der Waals surface area contributed by atoms with Crippen LogP contribution in [-0.2, 0) is 4.74 Å². The van der Waals surface area contributed by atoms with Crippen LogP contribution in [0.25, 0.3) is 0 Å². The van der Waals surface area contributed by atoms with Gasteiger partial charge in [0.05, 0.1) is 6.10 Å². The molecule has 102 valence electrons. The molecule has 1 atom stereocenters. The molecule has 0 radical (unpaired) electrons. The van der Waals surface area contributed by atoms with Gasteiger partial charge in [-0.05, 0) is 58.3 Å². The van der Waals surface area contributed by atoms with Crippen molar-refractivity contribution in [3.8, 4) is 0 Å². The highest BCUT2D eigenvalue weighted by molar-refractivity contribution is 4.86. The maximum Gasteiger partial charge on any atom is 0.0581 e. The van der Waals surface area contributed by atoms with Crippen molar-refractivity contribution in [3.05, 3.63) is 0 Å².